The number of carbonyl (C=O) groups excluding carboxylic acids is 2. The highest BCUT2D eigenvalue weighted by Crippen LogP contribution is 2.25. The Morgan fingerprint density at radius 3 is 2.39 bits per heavy atom. The molecule has 1 aliphatic rings. The van der Waals surface area contributed by atoms with E-state index in [0.717, 1.165) is 18.4 Å². The van der Waals surface area contributed by atoms with Gasteiger partial charge in [0.1, 0.15) is 0 Å². The highest BCUT2D eigenvalue weighted by atomic mass is 35.5. The molecule has 2 aromatic rings. The highest BCUT2D eigenvalue weighted by Gasteiger charge is 2.32. The number of hydrogen-bond donors (Lipinski definition) is 0. The van der Waals surface area contributed by atoms with E-state index < -0.39 is 0 Å². The Morgan fingerprint density at radius 2 is 1.75 bits per heavy atom. The molecule has 3 rings (SSSR count). The average Bonchev–Trinajstić information content (AvgIpc) is 2.73. The number of nitrogens with zero attached hydrogens (tertiary/aromatic N) is 2. The Morgan fingerprint density at radius 1 is 1.11 bits per heavy atom. The number of rotatable bonds is 4. The number of halogens is 1. The third kappa shape index (κ3) is 4.56. The van der Waals surface area contributed by atoms with Gasteiger partial charge in [-0.15, -0.1) is 0 Å². The van der Waals surface area contributed by atoms with Crippen LogP contribution in [0.25, 0.3) is 0 Å². The Kier molecular flexibility index (Phi) is 6.40. The predicted octanol–water partition coefficient (Wildman–Crippen LogP) is 4.72. The Bertz CT molecular complexity index is 833. The van der Waals surface area contributed by atoms with Gasteiger partial charge in [-0.1, -0.05) is 41.4 Å². The lowest BCUT2D eigenvalue weighted by Gasteiger charge is -2.36. The van der Waals surface area contributed by atoms with Crippen molar-refractivity contribution < 1.29 is 9.59 Å². The van der Waals surface area contributed by atoms with Crippen molar-refractivity contribution in [3.63, 3.8) is 0 Å². The zero-order chi connectivity index (χ0) is 20.3. The number of amides is 2. The van der Waals surface area contributed by atoms with Gasteiger partial charge in [-0.05, 0) is 56.5 Å². The van der Waals surface area contributed by atoms with E-state index in [0.29, 0.717) is 23.7 Å². The number of likely N-dealkylation sites (tertiary alicyclic amines) is 1. The maximum absolute atomic E-state index is 13.1. The first-order valence-electron chi connectivity index (χ1n) is 9.75. The molecule has 0 bridgehead atoms. The van der Waals surface area contributed by atoms with Crippen molar-refractivity contribution in [1.82, 2.24) is 9.80 Å². The molecule has 0 saturated carbocycles. The van der Waals surface area contributed by atoms with Crippen LogP contribution in [0.3, 0.4) is 0 Å². The molecule has 4 nitrogen and oxygen atoms in total. The molecule has 2 unspecified atom stereocenters. The lowest BCUT2D eigenvalue weighted by atomic mass is 9.94. The van der Waals surface area contributed by atoms with Gasteiger partial charge in [0, 0.05) is 30.7 Å². The standard InChI is InChI=1S/C23H27ClN2O2/c1-16-6-8-18(9-7-16)17(2)25(3)22(27)20-5-4-14-26(15-20)23(28)19-10-12-21(24)13-11-19/h6-13,17,20H,4-5,14-15H2,1-3H3. The summed E-state index contributed by atoms with van der Waals surface area (Å²) in [5, 5.41) is 0.606. The van der Waals surface area contributed by atoms with Gasteiger partial charge in [0.05, 0.1) is 12.0 Å². The fourth-order valence-electron chi connectivity index (χ4n) is 3.69. The molecule has 0 N–H and O–H groups in total. The minimum absolute atomic E-state index is 0.00422. The van der Waals surface area contributed by atoms with Gasteiger partial charge in [0.15, 0.2) is 0 Å². The number of benzene rings is 2. The van der Waals surface area contributed by atoms with E-state index in [2.05, 4.69) is 31.2 Å². The number of carbonyl (C=O) groups is 2. The van der Waals surface area contributed by atoms with E-state index >= 15 is 0 Å². The zero-order valence-electron chi connectivity index (χ0n) is 16.7. The topological polar surface area (TPSA) is 40.6 Å². The largest absolute Gasteiger partial charge is 0.339 e. The Labute approximate surface area is 172 Å². The predicted molar refractivity (Wildman–Crippen MR) is 112 cm³/mol. The molecule has 0 aromatic heterocycles. The molecule has 148 valence electrons. The summed E-state index contributed by atoms with van der Waals surface area (Å²) in [7, 11) is 1.85. The van der Waals surface area contributed by atoms with E-state index in [1.54, 1.807) is 29.2 Å². The smallest absolute Gasteiger partial charge is 0.253 e. The first-order chi connectivity index (χ1) is 13.4. The van der Waals surface area contributed by atoms with Gasteiger partial charge >= 0.3 is 0 Å². The van der Waals surface area contributed by atoms with Crippen molar-refractivity contribution in [2.45, 2.75) is 32.7 Å². The molecule has 5 heteroatoms. The number of piperidine rings is 1. The third-order valence-electron chi connectivity index (χ3n) is 5.64. The summed E-state index contributed by atoms with van der Waals surface area (Å²) < 4.78 is 0. The molecule has 1 fully saturated rings. The molecule has 0 radical (unpaired) electrons. The van der Waals surface area contributed by atoms with Gasteiger partial charge in [-0.25, -0.2) is 0 Å². The van der Waals surface area contributed by atoms with Crippen molar-refractivity contribution in [3.05, 3.63) is 70.2 Å². The maximum Gasteiger partial charge on any atom is 0.253 e. The summed E-state index contributed by atoms with van der Waals surface area (Å²) in [4.78, 5) is 29.5. The van der Waals surface area contributed by atoms with Crippen molar-refractivity contribution in [2.75, 3.05) is 20.1 Å². The molecular weight excluding hydrogens is 372 g/mol. The van der Waals surface area contributed by atoms with Crippen LogP contribution >= 0.6 is 11.6 Å². The van der Waals surface area contributed by atoms with Gasteiger partial charge in [0.2, 0.25) is 5.91 Å². The third-order valence-corrected chi connectivity index (χ3v) is 5.89. The molecule has 1 heterocycles. The first-order valence-corrected chi connectivity index (χ1v) is 10.1. The number of aryl methyl sites for hydroxylation is 1. The molecule has 0 aliphatic carbocycles. The highest BCUT2D eigenvalue weighted by molar-refractivity contribution is 6.30. The van der Waals surface area contributed by atoms with Crippen LogP contribution in [-0.4, -0.2) is 41.8 Å². The maximum atomic E-state index is 13.1. The van der Waals surface area contributed by atoms with E-state index in [1.165, 1.54) is 5.56 Å². The van der Waals surface area contributed by atoms with Crippen LogP contribution in [0.15, 0.2) is 48.5 Å². The molecule has 28 heavy (non-hydrogen) atoms. The molecule has 2 atom stereocenters. The second-order valence-corrected chi connectivity index (χ2v) is 8.07. The van der Waals surface area contributed by atoms with Crippen molar-refractivity contribution >= 4 is 23.4 Å². The average molecular weight is 399 g/mol. The van der Waals surface area contributed by atoms with Crippen molar-refractivity contribution in [1.29, 1.82) is 0 Å². The molecule has 2 aromatic carbocycles. The van der Waals surface area contributed by atoms with Crippen LogP contribution in [0.5, 0.6) is 0 Å². The summed E-state index contributed by atoms with van der Waals surface area (Å²) in [6.07, 6.45) is 1.65. The SMILES string of the molecule is Cc1ccc(C(C)N(C)C(=O)C2CCCN(C(=O)c3ccc(Cl)cc3)C2)cc1. The van der Waals surface area contributed by atoms with E-state index in [-0.39, 0.29) is 23.8 Å². The monoisotopic (exact) mass is 398 g/mol. The van der Waals surface area contributed by atoms with Crippen LogP contribution in [0, 0.1) is 12.8 Å². The lowest BCUT2D eigenvalue weighted by molar-refractivity contribution is -0.137. The zero-order valence-corrected chi connectivity index (χ0v) is 17.4. The molecule has 2 amide bonds. The Balaban J connectivity index is 1.67. The van der Waals surface area contributed by atoms with Crippen LogP contribution < -0.4 is 0 Å². The normalized spacial score (nSPS) is 17.9. The summed E-state index contributed by atoms with van der Waals surface area (Å²) in [6.45, 7) is 5.24. The van der Waals surface area contributed by atoms with Gasteiger partial charge < -0.3 is 9.80 Å². The van der Waals surface area contributed by atoms with Crippen molar-refractivity contribution in [2.24, 2.45) is 5.92 Å². The number of hydrogen-bond acceptors (Lipinski definition) is 2. The molecule has 0 spiro atoms. The quantitative estimate of drug-likeness (QED) is 0.747. The molecular formula is C23H27ClN2O2. The van der Waals surface area contributed by atoms with E-state index in [4.69, 9.17) is 11.6 Å². The second kappa shape index (κ2) is 8.78. The van der Waals surface area contributed by atoms with Crippen LogP contribution in [0.1, 0.15) is 47.3 Å². The van der Waals surface area contributed by atoms with Crippen LogP contribution in [0.4, 0.5) is 0 Å². The first kappa shape index (κ1) is 20.4. The van der Waals surface area contributed by atoms with Gasteiger partial charge in [-0.2, -0.15) is 0 Å². The summed E-state index contributed by atoms with van der Waals surface area (Å²) in [6, 6.07) is 15.2. The molecule has 1 saturated heterocycles. The summed E-state index contributed by atoms with van der Waals surface area (Å²) in [5.74, 6) is -0.104. The van der Waals surface area contributed by atoms with Gasteiger partial charge in [0.25, 0.3) is 5.91 Å². The second-order valence-electron chi connectivity index (χ2n) is 7.63. The van der Waals surface area contributed by atoms with Crippen molar-refractivity contribution in [3.8, 4) is 0 Å². The minimum atomic E-state index is -0.164. The fraction of sp³-hybridized carbons (Fsp3) is 0.391. The summed E-state index contributed by atoms with van der Waals surface area (Å²) in [5.41, 5.74) is 2.93. The van der Waals surface area contributed by atoms with Crippen LogP contribution in [0.2, 0.25) is 5.02 Å². The minimum Gasteiger partial charge on any atom is -0.339 e. The Hall–Kier alpha value is -2.33. The molecule has 1 aliphatic heterocycles. The summed E-state index contributed by atoms with van der Waals surface area (Å²) >= 11 is 5.92. The van der Waals surface area contributed by atoms with Crippen LogP contribution in [-0.2, 0) is 4.79 Å². The lowest BCUT2D eigenvalue weighted by Crippen LogP contribution is -2.46. The van der Waals surface area contributed by atoms with E-state index in [9.17, 15) is 9.59 Å². The fourth-order valence-corrected chi connectivity index (χ4v) is 3.81. The van der Waals surface area contributed by atoms with Gasteiger partial charge in [-0.3, -0.25) is 9.59 Å². The van der Waals surface area contributed by atoms with E-state index in [1.807, 2.05) is 18.9 Å².